The second kappa shape index (κ2) is 8.25. The molecule has 0 radical (unpaired) electrons. The smallest absolute Gasteiger partial charge is 0.332 e. The van der Waals surface area contributed by atoms with E-state index in [2.05, 4.69) is 6.58 Å². The van der Waals surface area contributed by atoms with Crippen LogP contribution >= 0.6 is 0 Å². The Kier molecular flexibility index (Phi) is 7.76. The molecule has 0 aliphatic carbocycles. The van der Waals surface area contributed by atoms with Crippen LogP contribution in [0.4, 0.5) is 0 Å². The second-order valence-electron chi connectivity index (χ2n) is 5.90. The molecular formula is C13H22O10S2. The van der Waals surface area contributed by atoms with Gasteiger partial charge in [0, 0.05) is 5.57 Å². The first-order chi connectivity index (χ1) is 11.1. The van der Waals surface area contributed by atoms with Crippen molar-refractivity contribution in [3.63, 3.8) is 0 Å². The molecule has 0 aliphatic heterocycles. The van der Waals surface area contributed by atoms with Gasteiger partial charge in [-0.1, -0.05) is 6.58 Å². The minimum Gasteiger partial charge on any atom is -0.481 e. The molecule has 0 aliphatic rings. The number of hydrogen-bond acceptors (Lipinski definition) is 6. The van der Waals surface area contributed by atoms with Crippen LogP contribution < -0.4 is 0 Å². The number of rotatable bonds is 11. The van der Waals surface area contributed by atoms with E-state index in [1.807, 2.05) is 0 Å². The van der Waals surface area contributed by atoms with Gasteiger partial charge in [0.1, 0.15) is 0 Å². The third-order valence-electron chi connectivity index (χ3n) is 4.22. The average Bonchev–Trinajstić information content (AvgIpc) is 2.43. The number of carboxylic acids is 2. The van der Waals surface area contributed by atoms with Gasteiger partial charge >= 0.3 is 11.9 Å². The van der Waals surface area contributed by atoms with Crippen molar-refractivity contribution in [3.05, 3.63) is 12.2 Å². The molecule has 10 nitrogen and oxygen atoms in total. The van der Waals surface area contributed by atoms with Gasteiger partial charge in [-0.15, -0.1) is 0 Å². The van der Waals surface area contributed by atoms with Gasteiger partial charge in [-0.25, -0.2) is 4.79 Å². The standard InChI is InChI=1S/C13H22O10S2/c1-8(24(18,19)20)4-6-13(12(16)17,10(3)11(14)15)7-5-9(2)25(21,22)23/h8-9H,3-7H2,1-2H3,(H,14,15)(H,16,17)(H,18,19,20)(H,21,22,23). The van der Waals surface area contributed by atoms with Crippen molar-refractivity contribution in [1.29, 1.82) is 0 Å². The Bertz CT molecular complexity index is 693. The van der Waals surface area contributed by atoms with Crippen LogP contribution in [-0.2, 0) is 29.8 Å². The molecule has 0 saturated carbocycles. The van der Waals surface area contributed by atoms with Crippen LogP contribution in [0.3, 0.4) is 0 Å². The lowest BCUT2D eigenvalue weighted by Crippen LogP contribution is -2.38. The summed E-state index contributed by atoms with van der Waals surface area (Å²) in [4.78, 5) is 23.0. The molecule has 0 aromatic carbocycles. The molecule has 0 fully saturated rings. The van der Waals surface area contributed by atoms with E-state index in [-0.39, 0.29) is 0 Å². The van der Waals surface area contributed by atoms with Crippen molar-refractivity contribution < 1.29 is 45.7 Å². The predicted molar refractivity (Wildman–Crippen MR) is 87.3 cm³/mol. The van der Waals surface area contributed by atoms with E-state index in [0.717, 1.165) is 13.8 Å². The summed E-state index contributed by atoms with van der Waals surface area (Å²) < 4.78 is 62.2. The van der Waals surface area contributed by atoms with E-state index in [1.165, 1.54) is 0 Å². The SMILES string of the molecule is C=C(C(=O)O)C(CCC(C)S(=O)(=O)O)(CCC(C)S(=O)(=O)O)C(=O)O. The van der Waals surface area contributed by atoms with Gasteiger partial charge in [-0.2, -0.15) is 16.8 Å². The summed E-state index contributed by atoms with van der Waals surface area (Å²) in [6, 6.07) is 0. The Morgan fingerprint density at radius 1 is 0.920 bits per heavy atom. The Balaban J connectivity index is 5.72. The third kappa shape index (κ3) is 6.38. The van der Waals surface area contributed by atoms with Crippen molar-refractivity contribution in [2.75, 3.05) is 0 Å². The third-order valence-corrected chi connectivity index (χ3v) is 6.72. The number of aliphatic carboxylic acids is 2. The van der Waals surface area contributed by atoms with Gasteiger partial charge in [0.15, 0.2) is 0 Å². The highest BCUT2D eigenvalue weighted by Crippen LogP contribution is 2.39. The van der Waals surface area contributed by atoms with Gasteiger partial charge in [-0.05, 0) is 39.5 Å². The monoisotopic (exact) mass is 402 g/mol. The van der Waals surface area contributed by atoms with E-state index < -0.39 is 79.3 Å². The fourth-order valence-electron chi connectivity index (χ4n) is 2.17. The normalized spacial score (nSPS) is 17.3. The van der Waals surface area contributed by atoms with E-state index in [1.54, 1.807) is 0 Å². The number of carboxylic acid groups (broad SMARTS) is 2. The lowest BCUT2D eigenvalue weighted by atomic mass is 9.72. The first kappa shape index (κ1) is 23.5. The zero-order chi connectivity index (χ0) is 20.2. The van der Waals surface area contributed by atoms with Gasteiger partial charge in [0.05, 0.1) is 15.9 Å². The maximum Gasteiger partial charge on any atom is 0.332 e. The Hall–Kier alpha value is -1.50. The zero-order valence-corrected chi connectivity index (χ0v) is 15.4. The molecule has 4 N–H and O–H groups in total. The fraction of sp³-hybridized carbons (Fsp3) is 0.692. The Morgan fingerprint density at radius 3 is 1.44 bits per heavy atom. The maximum absolute atomic E-state index is 11.7. The summed E-state index contributed by atoms with van der Waals surface area (Å²) in [7, 11) is -8.91. The molecule has 0 amide bonds. The Morgan fingerprint density at radius 2 is 1.24 bits per heavy atom. The lowest BCUT2D eigenvalue weighted by Gasteiger charge is -2.31. The van der Waals surface area contributed by atoms with Crippen LogP contribution in [0.5, 0.6) is 0 Å². The molecule has 0 saturated heterocycles. The van der Waals surface area contributed by atoms with Gasteiger partial charge in [0.25, 0.3) is 20.2 Å². The van der Waals surface area contributed by atoms with Crippen LogP contribution in [0.15, 0.2) is 12.2 Å². The highest BCUT2D eigenvalue weighted by atomic mass is 32.2. The molecule has 0 aromatic heterocycles. The minimum absolute atomic E-state index is 0.391. The fourth-order valence-corrected chi connectivity index (χ4v) is 3.00. The van der Waals surface area contributed by atoms with Crippen LogP contribution in [0.1, 0.15) is 39.5 Å². The number of hydrogen-bond donors (Lipinski definition) is 4. The summed E-state index contributed by atoms with van der Waals surface area (Å²) in [5.74, 6) is -3.26. The summed E-state index contributed by atoms with van der Waals surface area (Å²) in [6.07, 6.45) is -1.80. The van der Waals surface area contributed by atoms with Crippen LogP contribution in [0.2, 0.25) is 0 Å². The van der Waals surface area contributed by atoms with Crippen LogP contribution in [-0.4, -0.2) is 58.6 Å². The summed E-state index contributed by atoms with van der Waals surface area (Å²) in [5, 5.41) is 15.9. The van der Waals surface area contributed by atoms with Gasteiger partial charge in [-0.3, -0.25) is 13.9 Å². The summed E-state index contributed by atoms with van der Waals surface area (Å²) >= 11 is 0. The largest absolute Gasteiger partial charge is 0.481 e. The van der Waals surface area contributed by atoms with Crippen molar-refractivity contribution in [3.8, 4) is 0 Å². The van der Waals surface area contributed by atoms with E-state index in [0.29, 0.717) is 0 Å². The summed E-state index contributed by atoms with van der Waals surface area (Å²) in [6.45, 7) is 5.46. The highest BCUT2D eigenvalue weighted by molar-refractivity contribution is 7.86. The average molecular weight is 402 g/mol. The molecule has 2 atom stereocenters. The minimum atomic E-state index is -4.46. The van der Waals surface area contributed by atoms with E-state index >= 15 is 0 Å². The predicted octanol–water partition coefficient (Wildman–Crippen LogP) is 0.811. The quantitative estimate of drug-likeness (QED) is 0.285. The maximum atomic E-state index is 11.7. The molecule has 0 aromatic rings. The van der Waals surface area contributed by atoms with Crippen molar-refractivity contribution >= 4 is 32.2 Å². The first-order valence-corrected chi connectivity index (χ1v) is 10.1. The topological polar surface area (TPSA) is 183 Å². The second-order valence-corrected chi connectivity index (χ2v) is 9.57. The van der Waals surface area contributed by atoms with Crippen molar-refractivity contribution in [1.82, 2.24) is 0 Å². The summed E-state index contributed by atoms with van der Waals surface area (Å²) in [5.41, 5.74) is -2.89. The highest BCUT2D eigenvalue weighted by Gasteiger charge is 2.45. The van der Waals surface area contributed by atoms with Crippen LogP contribution in [0, 0.1) is 5.41 Å². The van der Waals surface area contributed by atoms with E-state index in [4.69, 9.17) is 14.2 Å². The first-order valence-electron chi connectivity index (χ1n) is 7.14. The molecule has 0 bridgehead atoms. The molecule has 25 heavy (non-hydrogen) atoms. The zero-order valence-electron chi connectivity index (χ0n) is 13.7. The molecule has 0 rings (SSSR count). The molecule has 0 spiro atoms. The molecule has 2 unspecified atom stereocenters. The van der Waals surface area contributed by atoms with Crippen LogP contribution in [0.25, 0.3) is 0 Å². The Labute approximate surface area is 146 Å². The van der Waals surface area contributed by atoms with E-state index in [9.17, 15) is 31.5 Å². The lowest BCUT2D eigenvalue weighted by molar-refractivity contribution is -0.151. The molecular weight excluding hydrogens is 380 g/mol. The molecule has 12 heteroatoms. The molecule has 146 valence electrons. The van der Waals surface area contributed by atoms with Gasteiger partial charge < -0.3 is 10.2 Å². The van der Waals surface area contributed by atoms with Gasteiger partial charge in [0.2, 0.25) is 0 Å². The number of carbonyl (C=O) groups is 2. The molecule has 0 heterocycles. The van der Waals surface area contributed by atoms with Crippen molar-refractivity contribution in [2.45, 2.75) is 50.0 Å². The van der Waals surface area contributed by atoms with Crippen molar-refractivity contribution in [2.24, 2.45) is 5.41 Å².